The average molecular weight is 302 g/mol. The number of Topliss-reactive ketones (excluding diaryl/α,β-unsaturated/α-hetero) is 1. The van der Waals surface area contributed by atoms with E-state index in [-0.39, 0.29) is 17.5 Å². The van der Waals surface area contributed by atoms with Gasteiger partial charge in [0.1, 0.15) is 5.75 Å². The minimum Gasteiger partial charge on any atom is -0.508 e. The first-order valence-electron chi connectivity index (χ1n) is 7.67. The molecule has 0 saturated heterocycles. The van der Waals surface area contributed by atoms with E-state index in [2.05, 4.69) is 0 Å². The number of benzene rings is 3. The molecule has 2 nitrogen and oxygen atoms in total. The third-order valence-corrected chi connectivity index (χ3v) is 4.00. The van der Waals surface area contributed by atoms with Gasteiger partial charge in [0.25, 0.3) is 0 Å². The molecule has 23 heavy (non-hydrogen) atoms. The van der Waals surface area contributed by atoms with Crippen molar-refractivity contribution in [2.75, 3.05) is 0 Å². The highest BCUT2D eigenvalue weighted by Crippen LogP contribution is 2.34. The largest absolute Gasteiger partial charge is 0.508 e. The van der Waals surface area contributed by atoms with E-state index in [9.17, 15) is 9.90 Å². The van der Waals surface area contributed by atoms with Crippen molar-refractivity contribution in [1.82, 2.24) is 0 Å². The topological polar surface area (TPSA) is 37.3 Å². The Morgan fingerprint density at radius 2 is 1.35 bits per heavy atom. The standard InChI is InChI=1S/C21H18O2/c22-20-14-8-7-13-18(20)19(16-9-3-1-4-10-16)15-21(23)17-11-5-2-6-12-17/h1-14,19,22H,15H2/t19-/m0/s1. The van der Waals surface area contributed by atoms with Crippen molar-refractivity contribution >= 4 is 5.78 Å². The summed E-state index contributed by atoms with van der Waals surface area (Å²) in [6.07, 6.45) is 0.325. The van der Waals surface area contributed by atoms with E-state index in [0.29, 0.717) is 12.0 Å². The van der Waals surface area contributed by atoms with Crippen LogP contribution in [0.3, 0.4) is 0 Å². The molecule has 3 aromatic carbocycles. The fourth-order valence-electron chi connectivity index (χ4n) is 2.80. The molecular weight excluding hydrogens is 284 g/mol. The van der Waals surface area contributed by atoms with Crippen LogP contribution in [0.4, 0.5) is 0 Å². The molecule has 0 heterocycles. The molecule has 0 radical (unpaired) electrons. The number of phenols is 1. The average Bonchev–Trinajstić information content (AvgIpc) is 2.62. The van der Waals surface area contributed by atoms with Crippen LogP contribution in [-0.2, 0) is 0 Å². The first-order chi connectivity index (χ1) is 11.3. The lowest BCUT2D eigenvalue weighted by Gasteiger charge is -2.18. The van der Waals surface area contributed by atoms with Gasteiger partial charge in [0.2, 0.25) is 0 Å². The number of hydrogen-bond acceptors (Lipinski definition) is 2. The molecule has 114 valence electrons. The molecule has 3 aromatic rings. The molecule has 0 amide bonds. The van der Waals surface area contributed by atoms with Gasteiger partial charge in [0.15, 0.2) is 5.78 Å². The summed E-state index contributed by atoms with van der Waals surface area (Å²) in [5, 5.41) is 10.2. The summed E-state index contributed by atoms with van der Waals surface area (Å²) in [6.45, 7) is 0. The first-order valence-corrected chi connectivity index (χ1v) is 7.67. The van der Waals surface area contributed by atoms with Crippen LogP contribution in [0, 0.1) is 0 Å². The number of para-hydroxylation sites is 1. The monoisotopic (exact) mass is 302 g/mol. The molecule has 1 atom stereocenters. The van der Waals surface area contributed by atoms with Crippen LogP contribution in [0.1, 0.15) is 33.8 Å². The van der Waals surface area contributed by atoms with E-state index in [4.69, 9.17) is 0 Å². The van der Waals surface area contributed by atoms with E-state index in [1.165, 1.54) is 0 Å². The Morgan fingerprint density at radius 3 is 2.00 bits per heavy atom. The summed E-state index contributed by atoms with van der Waals surface area (Å²) in [5.74, 6) is 0.134. The van der Waals surface area contributed by atoms with Crippen LogP contribution >= 0.6 is 0 Å². The normalized spacial score (nSPS) is 11.8. The lowest BCUT2D eigenvalue weighted by atomic mass is 9.85. The Hall–Kier alpha value is -2.87. The molecule has 0 unspecified atom stereocenters. The molecule has 0 aliphatic carbocycles. The molecule has 0 spiro atoms. The molecule has 0 aliphatic rings. The second-order valence-corrected chi connectivity index (χ2v) is 5.52. The Labute approximate surface area is 136 Å². The molecule has 2 heteroatoms. The zero-order chi connectivity index (χ0) is 16.1. The smallest absolute Gasteiger partial charge is 0.163 e. The summed E-state index contributed by atoms with van der Waals surface area (Å²) in [6, 6.07) is 26.4. The lowest BCUT2D eigenvalue weighted by Crippen LogP contribution is -2.09. The third-order valence-electron chi connectivity index (χ3n) is 4.00. The number of hydrogen-bond donors (Lipinski definition) is 1. The molecule has 0 saturated carbocycles. The molecule has 0 fully saturated rings. The number of rotatable bonds is 5. The summed E-state index contributed by atoms with van der Waals surface area (Å²) in [7, 11) is 0. The van der Waals surface area contributed by atoms with E-state index in [1.54, 1.807) is 12.1 Å². The Kier molecular flexibility index (Phi) is 4.53. The van der Waals surface area contributed by atoms with Gasteiger partial charge in [-0.1, -0.05) is 78.9 Å². The van der Waals surface area contributed by atoms with Crippen LogP contribution in [0.5, 0.6) is 5.75 Å². The highest BCUT2D eigenvalue weighted by Gasteiger charge is 2.21. The van der Waals surface area contributed by atoms with Crippen molar-refractivity contribution in [1.29, 1.82) is 0 Å². The van der Waals surface area contributed by atoms with Crippen LogP contribution in [0.2, 0.25) is 0 Å². The van der Waals surface area contributed by atoms with Gasteiger partial charge < -0.3 is 5.11 Å². The zero-order valence-electron chi connectivity index (χ0n) is 12.7. The van der Waals surface area contributed by atoms with Crippen molar-refractivity contribution in [3.8, 4) is 5.75 Å². The van der Waals surface area contributed by atoms with E-state index >= 15 is 0 Å². The maximum Gasteiger partial charge on any atom is 0.163 e. The first kappa shape index (κ1) is 15.0. The molecular formula is C21H18O2. The third kappa shape index (κ3) is 3.49. The second kappa shape index (κ2) is 6.93. The molecule has 0 aromatic heterocycles. The van der Waals surface area contributed by atoms with Crippen LogP contribution < -0.4 is 0 Å². The summed E-state index contributed by atoms with van der Waals surface area (Å²) >= 11 is 0. The van der Waals surface area contributed by atoms with Gasteiger partial charge in [0.05, 0.1) is 0 Å². The Balaban J connectivity index is 1.97. The number of ketones is 1. The highest BCUT2D eigenvalue weighted by atomic mass is 16.3. The summed E-state index contributed by atoms with van der Waals surface area (Å²) < 4.78 is 0. The van der Waals surface area contributed by atoms with Crippen LogP contribution in [0.15, 0.2) is 84.9 Å². The number of phenolic OH excluding ortho intramolecular Hbond substituents is 1. The van der Waals surface area contributed by atoms with E-state index < -0.39 is 0 Å². The molecule has 3 rings (SSSR count). The van der Waals surface area contributed by atoms with Crippen molar-refractivity contribution in [2.45, 2.75) is 12.3 Å². The van der Waals surface area contributed by atoms with Gasteiger partial charge in [-0.25, -0.2) is 0 Å². The SMILES string of the molecule is O=C(C[C@@H](c1ccccc1)c1ccccc1O)c1ccccc1. The van der Waals surface area contributed by atoms with Gasteiger partial charge >= 0.3 is 0 Å². The minimum atomic E-state index is -0.162. The van der Waals surface area contributed by atoms with Crippen molar-refractivity contribution < 1.29 is 9.90 Å². The van der Waals surface area contributed by atoms with Crippen molar-refractivity contribution in [2.24, 2.45) is 0 Å². The van der Waals surface area contributed by atoms with E-state index in [1.807, 2.05) is 72.8 Å². The Morgan fingerprint density at radius 1 is 0.783 bits per heavy atom. The number of carbonyl (C=O) groups is 1. The second-order valence-electron chi connectivity index (χ2n) is 5.52. The fourth-order valence-corrected chi connectivity index (χ4v) is 2.80. The summed E-state index contributed by atoms with van der Waals surface area (Å²) in [4.78, 5) is 12.6. The zero-order valence-corrected chi connectivity index (χ0v) is 12.7. The Bertz CT molecular complexity index is 779. The molecule has 1 N–H and O–H groups in total. The quantitative estimate of drug-likeness (QED) is 0.688. The predicted octanol–water partition coefficient (Wildman–Crippen LogP) is 4.80. The predicted molar refractivity (Wildman–Crippen MR) is 91.8 cm³/mol. The maximum absolute atomic E-state index is 12.6. The minimum absolute atomic E-state index is 0.0720. The maximum atomic E-state index is 12.6. The molecule has 0 bridgehead atoms. The van der Waals surface area contributed by atoms with Crippen LogP contribution in [0.25, 0.3) is 0 Å². The van der Waals surface area contributed by atoms with Gasteiger partial charge in [-0.05, 0) is 11.6 Å². The van der Waals surface area contributed by atoms with Crippen LogP contribution in [-0.4, -0.2) is 10.9 Å². The highest BCUT2D eigenvalue weighted by molar-refractivity contribution is 5.96. The lowest BCUT2D eigenvalue weighted by molar-refractivity contribution is 0.0977. The molecule has 0 aliphatic heterocycles. The van der Waals surface area contributed by atoms with Gasteiger partial charge in [-0.3, -0.25) is 4.79 Å². The van der Waals surface area contributed by atoms with Gasteiger partial charge in [-0.15, -0.1) is 0 Å². The van der Waals surface area contributed by atoms with Gasteiger partial charge in [-0.2, -0.15) is 0 Å². The number of carbonyl (C=O) groups excluding carboxylic acids is 1. The summed E-state index contributed by atoms with van der Waals surface area (Å²) in [5.41, 5.74) is 2.50. The van der Waals surface area contributed by atoms with Crippen molar-refractivity contribution in [3.63, 3.8) is 0 Å². The fraction of sp³-hybridized carbons (Fsp3) is 0.0952. The van der Waals surface area contributed by atoms with Gasteiger partial charge in [0, 0.05) is 23.5 Å². The van der Waals surface area contributed by atoms with E-state index in [0.717, 1.165) is 11.1 Å². The number of aromatic hydroxyl groups is 1. The van der Waals surface area contributed by atoms with Crippen molar-refractivity contribution in [3.05, 3.63) is 102 Å².